The van der Waals surface area contributed by atoms with Crippen LogP contribution in [0.1, 0.15) is 33.1 Å². The van der Waals surface area contributed by atoms with E-state index in [0.717, 1.165) is 18.1 Å². The van der Waals surface area contributed by atoms with Crippen molar-refractivity contribution in [2.45, 2.75) is 33.1 Å². The van der Waals surface area contributed by atoms with Gasteiger partial charge in [0.15, 0.2) is 0 Å². The zero-order chi connectivity index (χ0) is 10.8. The van der Waals surface area contributed by atoms with Crippen LogP contribution in [0.15, 0.2) is 0 Å². The van der Waals surface area contributed by atoms with E-state index in [1.165, 1.54) is 19.3 Å². The summed E-state index contributed by atoms with van der Waals surface area (Å²) in [5.74, 6) is 2.94. The Hall–Kier alpha value is 0.170. The average molecular weight is 236 g/mol. The number of rotatable bonds is 8. The molecule has 14 heavy (non-hydrogen) atoms. The van der Waals surface area contributed by atoms with Crippen LogP contribution >= 0.6 is 21.6 Å². The molecule has 4 heteroatoms. The molecule has 0 radical (unpaired) electrons. The van der Waals surface area contributed by atoms with Crippen molar-refractivity contribution >= 4 is 27.6 Å². The molecule has 0 aromatic carbocycles. The predicted octanol–water partition coefficient (Wildman–Crippen LogP) is 3.37. The van der Waals surface area contributed by atoms with Crippen molar-refractivity contribution in [3.05, 3.63) is 0 Å². The summed E-state index contributed by atoms with van der Waals surface area (Å²) in [5, 5.41) is 0. The second-order valence-corrected chi connectivity index (χ2v) is 6.21. The molecule has 0 aromatic rings. The molecule has 0 saturated heterocycles. The average Bonchev–Trinajstić information content (AvgIpc) is 2.15. The summed E-state index contributed by atoms with van der Waals surface area (Å²) in [6.45, 7) is 4.48. The molecule has 0 N–H and O–H groups in total. The lowest BCUT2D eigenvalue weighted by Gasteiger charge is -2.03. The summed E-state index contributed by atoms with van der Waals surface area (Å²) in [5.41, 5.74) is 0. The minimum atomic E-state index is -0.0993. The van der Waals surface area contributed by atoms with Gasteiger partial charge in [-0.05, 0) is 18.8 Å². The smallest absolute Gasteiger partial charge is 0.305 e. The minimum absolute atomic E-state index is 0.0993. The van der Waals surface area contributed by atoms with Gasteiger partial charge in [-0.2, -0.15) is 0 Å². The largest absolute Gasteiger partial charge is 0.469 e. The minimum Gasteiger partial charge on any atom is -0.469 e. The van der Waals surface area contributed by atoms with Crippen LogP contribution in [-0.4, -0.2) is 24.6 Å². The quantitative estimate of drug-likeness (QED) is 0.367. The highest BCUT2D eigenvalue weighted by atomic mass is 33.1. The maximum atomic E-state index is 10.8. The van der Waals surface area contributed by atoms with Crippen molar-refractivity contribution in [3.8, 4) is 0 Å². The molecule has 0 fully saturated rings. The Morgan fingerprint density at radius 3 is 2.50 bits per heavy atom. The van der Waals surface area contributed by atoms with Crippen LogP contribution in [0.25, 0.3) is 0 Å². The number of esters is 1. The molecule has 0 aliphatic carbocycles. The SMILES string of the molecule is COC(=O)CCCSSCCC(C)C. The first kappa shape index (κ1) is 14.2. The molecule has 0 amide bonds. The fourth-order valence-electron chi connectivity index (χ4n) is 0.779. The van der Waals surface area contributed by atoms with Crippen LogP contribution in [0.3, 0.4) is 0 Å². The Morgan fingerprint density at radius 1 is 1.29 bits per heavy atom. The third-order valence-corrected chi connectivity index (χ3v) is 4.22. The van der Waals surface area contributed by atoms with Gasteiger partial charge >= 0.3 is 5.97 Å². The molecular weight excluding hydrogens is 216 g/mol. The summed E-state index contributed by atoms with van der Waals surface area (Å²) in [6, 6.07) is 0. The first-order valence-corrected chi connectivity index (χ1v) is 7.47. The first-order chi connectivity index (χ1) is 6.66. The van der Waals surface area contributed by atoms with Crippen LogP contribution in [0.2, 0.25) is 0 Å². The van der Waals surface area contributed by atoms with Gasteiger partial charge in [-0.3, -0.25) is 4.79 Å². The maximum absolute atomic E-state index is 10.8. The lowest BCUT2D eigenvalue weighted by atomic mass is 10.2. The lowest BCUT2D eigenvalue weighted by molar-refractivity contribution is -0.140. The molecule has 0 heterocycles. The van der Waals surface area contributed by atoms with Crippen LogP contribution in [0, 0.1) is 5.92 Å². The lowest BCUT2D eigenvalue weighted by Crippen LogP contribution is -1.99. The molecule has 0 unspecified atom stereocenters. The van der Waals surface area contributed by atoms with Crippen LogP contribution in [-0.2, 0) is 9.53 Å². The van der Waals surface area contributed by atoms with Gasteiger partial charge in [0.2, 0.25) is 0 Å². The highest BCUT2D eigenvalue weighted by molar-refractivity contribution is 8.76. The third-order valence-electron chi connectivity index (χ3n) is 1.70. The number of hydrogen-bond acceptors (Lipinski definition) is 4. The topological polar surface area (TPSA) is 26.3 Å². The maximum Gasteiger partial charge on any atom is 0.305 e. The molecule has 0 rings (SSSR count). The Morgan fingerprint density at radius 2 is 1.93 bits per heavy atom. The third kappa shape index (κ3) is 10.3. The normalized spacial score (nSPS) is 10.6. The van der Waals surface area contributed by atoms with Gasteiger partial charge in [0, 0.05) is 17.9 Å². The van der Waals surface area contributed by atoms with E-state index in [2.05, 4.69) is 18.6 Å². The number of ether oxygens (including phenoxy) is 1. The Balaban J connectivity index is 3.03. The van der Waals surface area contributed by atoms with Gasteiger partial charge in [0.1, 0.15) is 0 Å². The molecule has 0 aromatic heterocycles. The fraction of sp³-hybridized carbons (Fsp3) is 0.900. The molecular formula is C10H20O2S2. The molecule has 0 aliphatic heterocycles. The summed E-state index contributed by atoms with van der Waals surface area (Å²) in [6.07, 6.45) is 2.74. The van der Waals surface area contributed by atoms with Crippen molar-refractivity contribution < 1.29 is 9.53 Å². The van der Waals surface area contributed by atoms with E-state index in [9.17, 15) is 4.79 Å². The summed E-state index contributed by atoms with van der Waals surface area (Å²) >= 11 is 0. The summed E-state index contributed by atoms with van der Waals surface area (Å²) < 4.78 is 4.55. The number of methoxy groups -OCH3 is 1. The van der Waals surface area contributed by atoms with Crippen LogP contribution in [0.5, 0.6) is 0 Å². The van der Waals surface area contributed by atoms with Gasteiger partial charge in [-0.15, -0.1) is 0 Å². The van der Waals surface area contributed by atoms with E-state index < -0.39 is 0 Å². The zero-order valence-electron chi connectivity index (χ0n) is 9.25. The number of carbonyl (C=O) groups is 1. The zero-order valence-corrected chi connectivity index (χ0v) is 10.9. The van der Waals surface area contributed by atoms with E-state index in [1.807, 2.05) is 21.6 Å². The van der Waals surface area contributed by atoms with Gasteiger partial charge in [0.05, 0.1) is 7.11 Å². The van der Waals surface area contributed by atoms with Crippen molar-refractivity contribution in [2.75, 3.05) is 18.6 Å². The van der Waals surface area contributed by atoms with Crippen molar-refractivity contribution in [2.24, 2.45) is 5.92 Å². The van der Waals surface area contributed by atoms with E-state index in [0.29, 0.717) is 6.42 Å². The molecule has 0 spiro atoms. The van der Waals surface area contributed by atoms with Gasteiger partial charge < -0.3 is 4.74 Å². The highest BCUT2D eigenvalue weighted by Crippen LogP contribution is 2.24. The van der Waals surface area contributed by atoms with E-state index >= 15 is 0 Å². The Kier molecular flexibility index (Phi) is 9.83. The second-order valence-electron chi connectivity index (χ2n) is 3.51. The molecule has 0 saturated carbocycles. The molecule has 0 aliphatic rings. The Labute approximate surface area is 94.9 Å². The molecule has 84 valence electrons. The highest BCUT2D eigenvalue weighted by Gasteiger charge is 1.99. The standard InChI is InChI=1S/C10H20O2S2/c1-9(2)6-8-14-13-7-4-5-10(11)12-3/h9H,4-8H2,1-3H3. The van der Waals surface area contributed by atoms with Crippen LogP contribution < -0.4 is 0 Å². The molecule has 0 atom stereocenters. The van der Waals surface area contributed by atoms with Crippen LogP contribution in [0.4, 0.5) is 0 Å². The first-order valence-electron chi connectivity index (χ1n) is 4.98. The van der Waals surface area contributed by atoms with Gasteiger partial charge in [0.25, 0.3) is 0 Å². The predicted molar refractivity (Wildman–Crippen MR) is 65.6 cm³/mol. The molecule has 2 nitrogen and oxygen atoms in total. The summed E-state index contributed by atoms with van der Waals surface area (Å²) in [7, 11) is 5.20. The molecule has 0 bridgehead atoms. The fourth-order valence-corrected chi connectivity index (χ4v) is 3.19. The van der Waals surface area contributed by atoms with E-state index in [4.69, 9.17) is 0 Å². The van der Waals surface area contributed by atoms with Crippen molar-refractivity contribution in [1.29, 1.82) is 0 Å². The number of hydrogen-bond donors (Lipinski definition) is 0. The summed E-state index contributed by atoms with van der Waals surface area (Å²) in [4.78, 5) is 10.8. The van der Waals surface area contributed by atoms with Crippen molar-refractivity contribution in [1.82, 2.24) is 0 Å². The second kappa shape index (κ2) is 9.71. The van der Waals surface area contributed by atoms with E-state index in [-0.39, 0.29) is 5.97 Å². The van der Waals surface area contributed by atoms with Gasteiger partial charge in [-0.1, -0.05) is 35.4 Å². The van der Waals surface area contributed by atoms with Crippen molar-refractivity contribution in [3.63, 3.8) is 0 Å². The van der Waals surface area contributed by atoms with Gasteiger partial charge in [-0.25, -0.2) is 0 Å². The monoisotopic (exact) mass is 236 g/mol. The number of carbonyl (C=O) groups excluding carboxylic acids is 1. The Bertz CT molecular complexity index is 149. The van der Waals surface area contributed by atoms with E-state index in [1.54, 1.807) is 0 Å².